The number of aromatic nitrogens is 4. The van der Waals surface area contributed by atoms with Gasteiger partial charge < -0.3 is 66.2 Å². The highest BCUT2D eigenvalue weighted by Crippen LogP contribution is 2.55. The lowest BCUT2D eigenvalue weighted by molar-refractivity contribution is 0.660. The van der Waals surface area contributed by atoms with E-state index in [1.54, 1.807) is 12.4 Å². The average molecular weight is 1870 g/mol. The van der Waals surface area contributed by atoms with Crippen molar-refractivity contribution in [3.8, 4) is 0 Å². The molecule has 0 saturated heterocycles. The van der Waals surface area contributed by atoms with Crippen LogP contribution in [0.1, 0.15) is 143 Å². The molecule has 5 aliphatic heterocycles. The summed E-state index contributed by atoms with van der Waals surface area (Å²) in [5, 5.41) is 11.5. The van der Waals surface area contributed by atoms with E-state index in [4.69, 9.17) is 22.1 Å². The van der Waals surface area contributed by atoms with Crippen LogP contribution in [0.15, 0.2) is 338 Å². The molecule has 0 saturated carbocycles. The molecule has 0 radical (unpaired) electrons. The van der Waals surface area contributed by atoms with E-state index in [2.05, 4.69) is 399 Å². The van der Waals surface area contributed by atoms with Gasteiger partial charge in [0.2, 0.25) is 0 Å². The zero-order valence-electron chi connectivity index (χ0n) is 80.4. The van der Waals surface area contributed by atoms with Gasteiger partial charge in [0.05, 0.1) is 51.2 Å². The molecule has 0 aliphatic carbocycles. The zero-order valence-corrected chi connectivity index (χ0v) is 80.4. The van der Waals surface area contributed by atoms with Crippen molar-refractivity contribution in [2.45, 2.75) is 169 Å². The Hall–Kier alpha value is -16.0. The van der Waals surface area contributed by atoms with Gasteiger partial charge >= 0.3 is 0 Å². The molecule has 0 fully saturated rings. The molecule has 19 heteroatoms. The number of anilines is 15. The highest BCUT2D eigenvalue weighted by Gasteiger charge is 2.42. The Kier molecular flexibility index (Phi) is 25.7. The summed E-state index contributed by atoms with van der Waals surface area (Å²) < 4.78 is 31.7. The van der Waals surface area contributed by atoms with Gasteiger partial charge in [-0.1, -0.05) is 258 Å². The quantitative estimate of drug-likeness (QED) is 0.135. The van der Waals surface area contributed by atoms with Crippen molar-refractivity contribution in [3.05, 3.63) is 355 Å². The maximum Gasteiger partial charge on any atom is 0.178 e. The third-order valence-corrected chi connectivity index (χ3v) is 28.6. The molecule has 714 valence electrons. The van der Waals surface area contributed by atoms with Gasteiger partial charge in [-0.05, 0) is 199 Å². The first-order chi connectivity index (χ1) is 66.6. The molecule has 19 nitrogen and oxygen atoms in total. The number of aryl methyl sites for hydroxylation is 5. The highest BCUT2D eigenvalue weighted by atomic mass is 16.3. The SMILES string of the molecule is C.C.C.C.Cc1ccc2c(oc3ccccc32)c1N1C=CN(c2c(C(C)C)cccc2C(C)C)C1C.Cc1ccc2c(oc3ccccc32)c1N1c2ccccc2N(c2ccccc2)C1C.Cc1ccc2c(oc3ccccc32)c1N1c2cccnc2N(C)C1C.Cc1ccc2c(oc3ccccc32)c1N1c2ncccc2N(C)C1C.Cc1ccc2c(oc3ccccc32)c1N1c2nccnc2N(C)C1C. The minimum Gasteiger partial charge on any atom is -0.454 e. The van der Waals surface area contributed by atoms with E-state index in [0.717, 1.165) is 168 Å². The number of rotatable bonds is 9. The van der Waals surface area contributed by atoms with Crippen molar-refractivity contribution in [2.24, 2.45) is 0 Å². The molecule has 13 aromatic carbocycles. The summed E-state index contributed by atoms with van der Waals surface area (Å²) in [7, 11) is 6.25. The first-order valence-corrected chi connectivity index (χ1v) is 47.5. The molecule has 5 atom stereocenters. The van der Waals surface area contributed by atoms with Gasteiger partial charge in [-0.25, -0.2) is 19.9 Å². The van der Waals surface area contributed by atoms with Crippen LogP contribution in [0, 0.1) is 34.6 Å². The third-order valence-electron chi connectivity index (χ3n) is 28.6. The van der Waals surface area contributed by atoms with Crippen LogP contribution in [0.5, 0.6) is 0 Å². The summed E-state index contributed by atoms with van der Waals surface area (Å²) in [6.07, 6.45) is 12.3. The van der Waals surface area contributed by atoms with E-state index >= 15 is 0 Å². The van der Waals surface area contributed by atoms with Gasteiger partial charge in [-0.3, -0.25) is 4.90 Å². The van der Waals surface area contributed by atoms with Crippen molar-refractivity contribution >= 4 is 196 Å². The minimum atomic E-state index is 0. The van der Waals surface area contributed by atoms with Crippen molar-refractivity contribution in [2.75, 3.05) is 70.1 Å². The molecule has 26 rings (SSSR count). The van der Waals surface area contributed by atoms with Crippen LogP contribution in [0.3, 0.4) is 0 Å². The van der Waals surface area contributed by atoms with Crippen LogP contribution in [0.2, 0.25) is 0 Å². The van der Waals surface area contributed by atoms with E-state index in [1.807, 2.05) is 92.2 Å². The molecule has 13 heterocycles. The maximum atomic E-state index is 6.42. The number of hydrogen-bond acceptors (Lipinski definition) is 19. The lowest BCUT2D eigenvalue weighted by Crippen LogP contribution is -2.37. The predicted octanol–water partition coefficient (Wildman–Crippen LogP) is 33.4. The molecule has 0 bridgehead atoms. The molecule has 0 spiro atoms. The average Bonchev–Trinajstić information content (AvgIpc) is 1.99. The maximum absolute atomic E-state index is 6.42. The normalized spacial score (nSPS) is 16.1. The van der Waals surface area contributed by atoms with E-state index in [1.165, 1.54) is 66.9 Å². The number of furan rings is 5. The Balaban J connectivity index is 0.000000116. The van der Waals surface area contributed by atoms with Crippen molar-refractivity contribution in [1.82, 2.24) is 19.9 Å². The molecule has 5 unspecified atom stereocenters. The van der Waals surface area contributed by atoms with E-state index in [0.29, 0.717) is 11.8 Å². The Morgan fingerprint density at radius 1 is 0.234 bits per heavy atom. The molecule has 21 aromatic rings. The van der Waals surface area contributed by atoms with Crippen LogP contribution in [0.25, 0.3) is 110 Å². The lowest BCUT2D eigenvalue weighted by Gasteiger charge is -2.34. The topological polar surface area (TPSA) is 150 Å². The molecule has 8 aromatic heterocycles. The summed E-state index contributed by atoms with van der Waals surface area (Å²) in [4.78, 5) is 41.4. The molecule has 0 amide bonds. The molecule has 0 N–H and O–H groups in total. The number of pyridine rings is 2. The van der Waals surface area contributed by atoms with E-state index in [-0.39, 0.29) is 60.5 Å². The van der Waals surface area contributed by atoms with Gasteiger partial charge in [-0.15, -0.1) is 0 Å². The van der Waals surface area contributed by atoms with E-state index < -0.39 is 0 Å². The first kappa shape index (κ1) is 95.3. The summed E-state index contributed by atoms with van der Waals surface area (Å²) in [6, 6.07) is 97.2. The number of nitrogens with zero attached hydrogens (tertiary/aromatic N) is 14. The number of fused-ring (bicyclic) bond motifs is 19. The Morgan fingerprint density at radius 3 is 0.965 bits per heavy atom. The summed E-state index contributed by atoms with van der Waals surface area (Å²) in [5.41, 5.74) is 30.9. The summed E-state index contributed by atoms with van der Waals surface area (Å²) >= 11 is 0. The standard InChI is InChI=1S/C29H32N2O.C27H22N2O.2C21H19N3O.C20H18N4O.4CH4/c1-18(2)22-11-9-12-23(19(3)4)28(22)31-17-16-30(21(31)6)27-20(5)14-15-25-24-10-7-8-13-26(24)32-29(25)27;1-18-16-17-22-21-12-6-9-15-25(21)30-27(22)26(18)29-19(2)28(20-10-4-3-5-11-20)23-13-7-8-14-24(23)29;1-13-10-11-16-15-7-4-5-9-18(15)25-20(16)19(13)24-14(2)23(3)21-17(24)8-6-12-22-21;1-13-10-11-16-15-7-4-5-9-18(15)25-20(16)19(13)24-14(2)23(3)17-8-6-12-22-21(17)24;1-12-8-9-15-14-6-4-5-7-16(14)25-18(15)17(12)24-13(2)23(3)19-20(24)22-11-10-21-19;;;;/h7-19,21H,1-6H3;3-17,19H,1-2H3;2*4-12,14H,1-3H3;4-11,13H,1-3H3;4*1H4. The second-order valence-electron chi connectivity index (χ2n) is 37.3. The van der Waals surface area contributed by atoms with Gasteiger partial charge in [0.25, 0.3) is 0 Å². The van der Waals surface area contributed by atoms with E-state index in [9.17, 15) is 0 Å². The molecule has 5 aliphatic rings. The Morgan fingerprint density at radius 2 is 0.539 bits per heavy atom. The predicted molar refractivity (Wildman–Crippen MR) is 595 cm³/mol. The molecular weight excluding hydrogens is 1740 g/mol. The monoisotopic (exact) mass is 1870 g/mol. The second-order valence-corrected chi connectivity index (χ2v) is 37.3. The van der Waals surface area contributed by atoms with Crippen molar-refractivity contribution < 1.29 is 22.1 Å². The first-order valence-electron chi connectivity index (χ1n) is 47.5. The van der Waals surface area contributed by atoms with Crippen LogP contribution < -0.4 is 49.0 Å². The summed E-state index contributed by atoms with van der Waals surface area (Å²) in [5.74, 6) is 4.66. The largest absolute Gasteiger partial charge is 0.454 e. The molecule has 141 heavy (non-hydrogen) atoms. The van der Waals surface area contributed by atoms with Crippen LogP contribution >= 0.6 is 0 Å². The highest BCUT2D eigenvalue weighted by molar-refractivity contribution is 6.16. The van der Waals surface area contributed by atoms with Gasteiger partial charge in [0, 0.05) is 124 Å². The van der Waals surface area contributed by atoms with Gasteiger partial charge in [0.1, 0.15) is 58.7 Å². The fourth-order valence-electron chi connectivity index (χ4n) is 21.3. The number of para-hydroxylation sites is 9. The second kappa shape index (κ2) is 38.1. The van der Waals surface area contributed by atoms with Crippen LogP contribution in [-0.2, 0) is 0 Å². The van der Waals surface area contributed by atoms with Crippen molar-refractivity contribution in [3.63, 3.8) is 0 Å². The summed E-state index contributed by atoms with van der Waals surface area (Å²) in [6.45, 7) is 31.0. The van der Waals surface area contributed by atoms with Crippen molar-refractivity contribution in [1.29, 1.82) is 0 Å². The van der Waals surface area contributed by atoms with Gasteiger partial charge in [0.15, 0.2) is 51.2 Å². The van der Waals surface area contributed by atoms with Crippen LogP contribution in [0.4, 0.5) is 85.8 Å². The third kappa shape index (κ3) is 15.7. The lowest BCUT2D eigenvalue weighted by atomic mass is 9.92. The number of benzene rings is 13. The fourth-order valence-corrected chi connectivity index (χ4v) is 21.3. The van der Waals surface area contributed by atoms with Crippen LogP contribution in [-0.4, -0.2) is 71.9 Å². The molecular formula is C122H126N14O5. The Bertz CT molecular complexity index is 7840. The minimum absolute atomic E-state index is 0. The fraction of sp³-hybridized carbons (Fsp3) is 0.230. The van der Waals surface area contributed by atoms with Gasteiger partial charge in [-0.2, -0.15) is 0 Å². The number of hydrogen-bond donors (Lipinski definition) is 0. The zero-order chi connectivity index (χ0) is 94.2. The Labute approximate surface area is 827 Å². The smallest absolute Gasteiger partial charge is 0.178 e.